The zero-order valence-electron chi connectivity index (χ0n) is 19.1. The number of H-pyrrole nitrogens is 1. The number of phenolic OH excluding ortho intramolecular Hbond substituents is 1. The molecule has 1 heterocycles. The fraction of sp³-hybridized carbons (Fsp3) is 0.320. The number of benzene rings is 2. The highest BCUT2D eigenvalue weighted by Crippen LogP contribution is 2.25. The van der Waals surface area contributed by atoms with E-state index in [2.05, 4.69) is 4.98 Å². The average Bonchev–Trinajstić information content (AvgIpc) is 2.72. The van der Waals surface area contributed by atoms with E-state index in [1.165, 1.54) is 18.2 Å². The Labute approximate surface area is 191 Å². The predicted octanol–water partition coefficient (Wildman–Crippen LogP) is 4.22. The van der Waals surface area contributed by atoms with Gasteiger partial charge in [0.15, 0.2) is 0 Å². The summed E-state index contributed by atoms with van der Waals surface area (Å²) in [4.78, 5) is 40.1. The van der Waals surface area contributed by atoms with Crippen LogP contribution in [0.1, 0.15) is 47.8 Å². The number of hydrogen-bond acceptors (Lipinski definition) is 5. The zero-order chi connectivity index (χ0) is 24.3. The first kappa shape index (κ1) is 23.8. The van der Waals surface area contributed by atoms with Gasteiger partial charge < -0.3 is 24.8 Å². The maximum absolute atomic E-state index is 13.0. The smallest absolute Gasteiger partial charge is 0.410 e. The Balaban J connectivity index is 1.89. The lowest BCUT2D eigenvalue weighted by Crippen LogP contribution is -2.37. The zero-order valence-corrected chi connectivity index (χ0v) is 19.1. The Hall–Kier alpha value is -3.81. The molecule has 1 amide bonds. The summed E-state index contributed by atoms with van der Waals surface area (Å²) in [6, 6.07) is 11.1. The van der Waals surface area contributed by atoms with Gasteiger partial charge in [0.25, 0.3) is 0 Å². The SMILES string of the molecule is Cc1cc(C(=O)O)ccc1CN(CCc1ccc(O)c2[nH]c(=O)ccc12)C(=O)OC(C)(C)C. The predicted molar refractivity (Wildman–Crippen MR) is 125 cm³/mol. The first-order valence-electron chi connectivity index (χ1n) is 10.6. The van der Waals surface area contributed by atoms with Gasteiger partial charge in [-0.2, -0.15) is 0 Å². The number of rotatable bonds is 6. The molecule has 8 nitrogen and oxygen atoms in total. The van der Waals surface area contributed by atoms with Crippen molar-refractivity contribution in [2.45, 2.75) is 46.3 Å². The first-order chi connectivity index (χ1) is 15.4. The molecular formula is C25H28N2O6. The Kier molecular flexibility index (Phi) is 6.76. The molecule has 174 valence electrons. The average molecular weight is 453 g/mol. The van der Waals surface area contributed by atoms with E-state index in [9.17, 15) is 24.6 Å². The number of ether oxygens (including phenoxy) is 1. The van der Waals surface area contributed by atoms with Gasteiger partial charge in [0, 0.05) is 24.5 Å². The summed E-state index contributed by atoms with van der Waals surface area (Å²) >= 11 is 0. The van der Waals surface area contributed by atoms with Crippen molar-refractivity contribution in [3.8, 4) is 5.75 Å². The molecule has 8 heteroatoms. The molecule has 2 aromatic carbocycles. The summed E-state index contributed by atoms with van der Waals surface area (Å²) in [7, 11) is 0. The van der Waals surface area contributed by atoms with Crippen LogP contribution < -0.4 is 5.56 Å². The highest BCUT2D eigenvalue weighted by Gasteiger charge is 2.23. The molecule has 0 atom stereocenters. The van der Waals surface area contributed by atoms with Gasteiger partial charge in [-0.1, -0.05) is 12.1 Å². The molecule has 0 aliphatic heterocycles. The molecule has 0 aliphatic carbocycles. The van der Waals surface area contributed by atoms with E-state index in [1.807, 2.05) is 0 Å². The van der Waals surface area contributed by atoms with Crippen molar-refractivity contribution in [2.24, 2.45) is 0 Å². The molecule has 0 unspecified atom stereocenters. The lowest BCUT2D eigenvalue weighted by Gasteiger charge is -2.28. The molecule has 0 fully saturated rings. The summed E-state index contributed by atoms with van der Waals surface area (Å²) in [5.41, 5.74) is 1.97. The largest absolute Gasteiger partial charge is 0.506 e. The minimum absolute atomic E-state index is 0.0235. The van der Waals surface area contributed by atoms with Crippen LogP contribution in [0.3, 0.4) is 0 Å². The lowest BCUT2D eigenvalue weighted by molar-refractivity contribution is 0.0235. The fourth-order valence-corrected chi connectivity index (χ4v) is 3.54. The van der Waals surface area contributed by atoms with E-state index in [0.717, 1.165) is 16.7 Å². The first-order valence-corrected chi connectivity index (χ1v) is 10.6. The number of carboxylic acid groups (broad SMARTS) is 1. The highest BCUT2D eigenvalue weighted by molar-refractivity contribution is 5.88. The molecule has 3 aromatic rings. The number of aromatic amines is 1. The molecule has 0 saturated carbocycles. The third-order valence-corrected chi connectivity index (χ3v) is 5.22. The number of aromatic carboxylic acids is 1. The van der Waals surface area contributed by atoms with Gasteiger partial charge >= 0.3 is 12.1 Å². The van der Waals surface area contributed by atoms with Gasteiger partial charge in [-0.25, -0.2) is 9.59 Å². The van der Waals surface area contributed by atoms with Gasteiger partial charge in [0.05, 0.1) is 11.1 Å². The second-order valence-corrected chi connectivity index (χ2v) is 8.95. The number of fused-ring (bicyclic) bond motifs is 1. The van der Waals surface area contributed by atoms with Crippen molar-refractivity contribution in [3.05, 3.63) is 75.1 Å². The van der Waals surface area contributed by atoms with Gasteiger partial charge in [-0.15, -0.1) is 0 Å². The highest BCUT2D eigenvalue weighted by atomic mass is 16.6. The van der Waals surface area contributed by atoms with Gasteiger partial charge in [-0.3, -0.25) is 4.79 Å². The van der Waals surface area contributed by atoms with E-state index in [4.69, 9.17) is 4.74 Å². The van der Waals surface area contributed by atoms with Crippen molar-refractivity contribution in [2.75, 3.05) is 6.54 Å². The maximum Gasteiger partial charge on any atom is 0.410 e. The summed E-state index contributed by atoms with van der Waals surface area (Å²) < 4.78 is 5.59. The number of carbonyl (C=O) groups is 2. The lowest BCUT2D eigenvalue weighted by atomic mass is 10.0. The van der Waals surface area contributed by atoms with Crippen LogP contribution in [0.5, 0.6) is 5.75 Å². The number of carboxylic acids is 1. The third-order valence-electron chi connectivity index (χ3n) is 5.22. The fourth-order valence-electron chi connectivity index (χ4n) is 3.54. The number of nitrogens with one attached hydrogen (secondary N) is 1. The number of amides is 1. The molecule has 3 rings (SSSR count). The summed E-state index contributed by atoms with van der Waals surface area (Å²) in [6.07, 6.45) is -0.0328. The molecular weight excluding hydrogens is 424 g/mol. The number of nitrogens with zero attached hydrogens (tertiary/aromatic N) is 1. The van der Waals surface area contributed by atoms with Gasteiger partial charge in [0.1, 0.15) is 11.4 Å². The molecule has 33 heavy (non-hydrogen) atoms. The third kappa shape index (κ3) is 5.91. The number of aromatic hydroxyl groups is 1. The summed E-state index contributed by atoms with van der Waals surface area (Å²) in [5.74, 6) is -1.03. The Bertz CT molecular complexity index is 1260. The van der Waals surface area contributed by atoms with Gasteiger partial charge in [-0.05, 0) is 75.1 Å². The number of hydrogen-bond donors (Lipinski definition) is 3. The number of phenols is 1. The van der Waals surface area contributed by atoms with E-state index in [1.54, 1.807) is 56.9 Å². The normalized spacial score (nSPS) is 11.4. The minimum atomic E-state index is -1.01. The van der Waals surface area contributed by atoms with Gasteiger partial charge in [0.2, 0.25) is 5.56 Å². The van der Waals surface area contributed by atoms with E-state index >= 15 is 0 Å². The van der Waals surface area contributed by atoms with Crippen LogP contribution in [0.15, 0.2) is 47.3 Å². The van der Waals surface area contributed by atoms with Crippen LogP contribution in [0.4, 0.5) is 4.79 Å². The van der Waals surface area contributed by atoms with Crippen molar-refractivity contribution in [3.63, 3.8) is 0 Å². The molecule has 0 aliphatic rings. The molecule has 3 N–H and O–H groups in total. The van der Waals surface area contributed by atoms with Crippen molar-refractivity contribution in [1.82, 2.24) is 9.88 Å². The van der Waals surface area contributed by atoms with Crippen molar-refractivity contribution >= 4 is 23.0 Å². The van der Waals surface area contributed by atoms with E-state index in [-0.39, 0.29) is 23.4 Å². The number of carbonyl (C=O) groups excluding carboxylic acids is 1. The Morgan fingerprint density at radius 3 is 2.39 bits per heavy atom. The minimum Gasteiger partial charge on any atom is -0.506 e. The van der Waals surface area contributed by atoms with Crippen LogP contribution >= 0.6 is 0 Å². The van der Waals surface area contributed by atoms with E-state index < -0.39 is 17.7 Å². The Morgan fingerprint density at radius 2 is 1.76 bits per heavy atom. The van der Waals surface area contributed by atoms with E-state index in [0.29, 0.717) is 23.9 Å². The summed E-state index contributed by atoms with van der Waals surface area (Å²) in [5, 5.41) is 20.0. The quantitative estimate of drug-likeness (QED) is 0.515. The van der Waals surface area contributed by atoms with Crippen LogP contribution in [0.25, 0.3) is 10.9 Å². The molecule has 1 aromatic heterocycles. The van der Waals surface area contributed by atoms with Crippen LogP contribution in [-0.2, 0) is 17.7 Å². The van der Waals surface area contributed by atoms with Crippen LogP contribution in [0.2, 0.25) is 0 Å². The Morgan fingerprint density at radius 1 is 1.06 bits per heavy atom. The van der Waals surface area contributed by atoms with Crippen LogP contribution in [0, 0.1) is 6.92 Å². The van der Waals surface area contributed by atoms with Crippen molar-refractivity contribution in [1.29, 1.82) is 0 Å². The van der Waals surface area contributed by atoms with Crippen molar-refractivity contribution < 1.29 is 24.5 Å². The molecule has 0 spiro atoms. The standard InChI is InChI=1S/C25H28N2O6/c1-15-13-17(23(30)31)5-6-18(15)14-27(24(32)33-25(2,3)4)12-11-16-7-9-20(28)22-19(16)8-10-21(29)26-22/h5-10,13,28H,11-12,14H2,1-4H3,(H,26,29)(H,30,31). The maximum atomic E-state index is 13.0. The molecule has 0 bridgehead atoms. The number of aromatic nitrogens is 1. The number of aryl methyl sites for hydroxylation is 1. The molecule has 0 saturated heterocycles. The second kappa shape index (κ2) is 9.36. The monoisotopic (exact) mass is 452 g/mol. The topological polar surface area (TPSA) is 120 Å². The van der Waals surface area contributed by atoms with Crippen LogP contribution in [-0.4, -0.2) is 44.3 Å². The second-order valence-electron chi connectivity index (χ2n) is 8.95. The number of pyridine rings is 1. The summed E-state index contributed by atoms with van der Waals surface area (Å²) in [6.45, 7) is 7.74. The molecule has 0 radical (unpaired) electrons.